The van der Waals surface area contributed by atoms with E-state index in [4.69, 9.17) is 0 Å². The molecule has 3 nitrogen and oxygen atoms in total. The molecule has 0 radical (unpaired) electrons. The van der Waals surface area contributed by atoms with Gasteiger partial charge in [-0.2, -0.15) is 0 Å². The number of aliphatic hydroxyl groups excluding tert-OH is 2. The maximum atomic E-state index is 9.92. The van der Waals surface area contributed by atoms with Gasteiger partial charge in [-0.3, -0.25) is 0 Å². The van der Waals surface area contributed by atoms with Crippen LogP contribution in [0.5, 0.6) is 0 Å². The molecular weight excluding hydrogens is 336 g/mol. The molecule has 3 N–H and O–H groups in total. The summed E-state index contributed by atoms with van der Waals surface area (Å²) < 4.78 is 0. The summed E-state index contributed by atoms with van der Waals surface area (Å²) in [6.45, 7) is 3.83. The van der Waals surface area contributed by atoms with Gasteiger partial charge in [-0.15, -0.1) is 0 Å². The van der Waals surface area contributed by atoms with Crippen LogP contribution in [0.15, 0.2) is 23.3 Å². The lowest BCUT2D eigenvalue weighted by molar-refractivity contribution is 0.0608. The zero-order chi connectivity index (χ0) is 19.5. The van der Waals surface area contributed by atoms with Crippen LogP contribution in [0.1, 0.15) is 97.3 Å². The average Bonchev–Trinajstić information content (AvgIpc) is 2.93. The molecular formula is C24H40O3. The Morgan fingerprint density at radius 1 is 1.07 bits per heavy atom. The Kier molecular flexibility index (Phi) is 6.87. The van der Waals surface area contributed by atoms with E-state index in [-0.39, 0.29) is 12.2 Å². The fourth-order valence-corrected chi connectivity index (χ4v) is 5.82. The Morgan fingerprint density at radius 3 is 2.48 bits per heavy atom. The van der Waals surface area contributed by atoms with E-state index in [1.165, 1.54) is 56.9 Å². The zero-order valence-electron chi connectivity index (χ0n) is 17.4. The van der Waals surface area contributed by atoms with Crippen molar-refractivity contribution in [2.24, 2.45) is 11.3 Å². The molecule has 3 fully saturated rings. The number of aliphatic hydroxyl groups is 3. The van der Waals surface area contributed by atoms with Crippen molar-refractivity contribution in [1.82, 2.24) is 0 Å². The second kappa shape index (κ2) is 8.80. The zero-order valence-corrected chi connectivity index (χ0v) is 17.4. The minimum Gasteiger partial charge on any atom is -0.393 e. The van der Waals surface area contributed by atoms with Gasteiger partial charge >= 0.3 is 0 Å². The Labute approximate surface area is 165 Å². The van der Waals surface area contributed by atoms with E-state index in [2.05, 4.69) is 12.2 Å². The molecule has 4 atom stereocenters. The van der Waals surface area contributed by atoms with E-state index >= 15 is 0 Å². The number of allylic oxidation sites excluding steroid dienone is 3. The summed E-state index contributed by atoms with van der Waals surface area (Å²) in [7, 11) is 0. The van der Waals surface area contributed by atoms with E-state index in [0.29, 0.717) is 11.8 Å². The van der Waals surface area contributed by atoms with Crippen molar-refractivity contribution in [3.63, 3.8) is 0 Å². The predicted octanol–water partition coefficient (Wildman–Crippen LogP) is 5.05. The van der Waals surface area contributed by atoms with E-state index in [9.17, 15) is 15.3 Å². The van der Waals surface area contributed by atoms with Crippen molar-refractivity contribution in [1.29, 1.82) is 0 Å². The maximum absolute atomic E-state index is 9.92. The van der Waals surface area contributed by atoms with Gasteiger partial charge in [0.1, 0.15) is 0 Å². The number of rotatable bonds is 5. The molecule has 0 saturated heterocycles. The summed E-state index contributed by atoms with van der Waals surface area (Å²) in [4.78, 5) is 0. The van der Waals surface area contributed by atoms with Crippen LogP contribution in [-0.4, -0.2) is 33.1 Å². The minimum atomic E-state index is -0.523. The molecule has 3 saturated carbocycles. The van der Waals surface area contributed by atoms with Crippen molar-refractivity contribution < 1.29 is 15.3 Å². The fraction of sp³-hybridized carbons (Fsp3) is 0.833. The first kappa shape index (κ1) is 21.1. The molecule has 0 aromatic carbocycles. The molecule has 0 unspecified atom stereocenters. The summed E-state index contributed by atoms with van der Waals surface area (Å²) in [5.74, 6) is 0.841. The summed E-state index contributed by atoms with van der Waals surface area (Å²) in [5.41, 5.74) is 2.77. The van der Waals surface area contributed by atoms with Gasteiger partial charge in [0.25, 0.3) is 0 Å². The molecule has 3 aliphatic carbocycles. The van der Waals surface area contributed by atoms with Crippen LogP contribution in [0.2, 0.25) is 0 Å². The molecule has 0 bridgehead atoms. The molecule has 0 aromatic rings. The van der Waals surface area contributed by atoms with Crippen molar-refractivity contribution in [3.8, 4) is 0 Å². The molecule has 27 heavy (non-hydrogen) atoms. The van der Waals surface area contributed by atoms with Crippen molar-refractivity contribution in [3.05, 3.63) is 23.3 Å². The average molecular weight is 377 g/mol. The third-order valence-corrected chi connectivity index (χ3v) is 7.11. The standard InChI is InChI=1S/C24H40O3/c1-23(2,27)10-3-5-19-9-12-24(17-19)11-4-6-18(16-24)7-8-20-13-21(25)15-22(26)14-20/h7-8,19,21-22,25-27H,3-6,9-17H2,1-2H3/t19-,21-,22-,24-/m1/s1. The minimum absolute atomic E-state index is 0.379. The van der Waals surface area contributed by atoms with Crippen LogP contribution < -0.4 is 0 Å². The van der Waals surface area contributed by atoms with Crippen molar-refractivity contribution in [2.75, 3.05) is 0 Å². The Bertz CT molecular complexity index is 544. The SMILES string of the molecule is CC(C)(O)CCC[C@@H]1CC[C@@]2(CCCC(=CC=C3C[C@@H](O)C[C@H](O)C3)C2)C1. The van der Waals surface area contributed by atoms with Gasteiger partial charge in [0.2, 0.25) is 0 Å². The first-order valence-corrected chi connectivity index (χ1v) is 11.2. The van der Waals surface area contributed by atoms with Gasteiger partial charge < -0.3 is 15.3 Å². The molecule has 3 rings (SSSR count). The molecule has 154 valence electrons. The van der Waals surface area contributed by atoms with Gasteiger partial charge in [-0.05, 0) is 95.8 Å². The Balaban J connectivity index is 1.53. The van der Waals surface area contributed by atoms with Crippen LogP contribution in [0.3, 0.4) is 0 Å². The highest BCUT2D eigenvalue weighted by molar-refractivity contribution is 5.22. The van der Waals surface area contributed by atoms with E-state index in [1.807, 2.05) is 13.8 Å². The van der Waals surface area contributed by atoms with Crippen LogP contribution in [0.25, 0.3) is 0 Å². The molecule has 1 spiro atoms. The number of hydrogen-bond acceptors (Lipinski definition) is 3. The first-order valence-electron chi connectivity index (χ1n) is 11.2. The third kappa shape index (κ3) is 6.44. The lowest BCUT2D eigenvalue weighted by atomic mass is 9.70. The van der Waals surface area contributed by atoms with Crippen LogP contribution in [-0.2, 0) is 0 Å². The molecule has 0 amide bonds. The van der Waals surface area contributed by atoms with Gasteiger partial charge in [0.05, 0.1) is 17.8 Å². The quantitative estimate of drug-likeness (QED) is 0.629. The van der Waals surface area contributed by atoms with Crippen LogP contribution >= 0.6 is 0 Å². The molecule has 0 aromatic heterocycles. The molecule has 0 heterocycles. The van der Waals surface area contributed by atoms with Gasteiger partial charge in [0, 0.05) is 0 Å². The highest BCUT2D eigenvalue weighted by Crippen LogP contribution is 2.53. The first-order chi connectivity index (χ1) is 12.7. The second-order valence-electron chi connectivity index (χ2n) is 10.4. The lowest BCUT2D eigenvalue weighted by Gasteiger charge is -2.35. The number of hydrogen-bond donors (Lipinski definition) is 3. The summed E-state index contributed by atoms with van der Waals surface area (Å²) >= 11 is 0. The van der Waals surface area contributed by atoms with Gasteiger partial charge in [-0.1, -0.05) is 36.1 Å². The highest BCUT2D eigenvalue weighted by Gasteiger charge is 2.40. The van der Waals surface area contributed by atoms with Crippen LogP contribution in [0.4, 0.5) is 0 Å². The molecule has 3 heteroatoms. The van der Waals surface area contributed by atoms with Gasteiger partial charge in [-0.25, -0.2) is 0 Å². The van der Waals surface area contributed by atoms with Crippen molar-refractivity contribution in [2.45, 2.75) is 115 Å². The molecule has 3 aliphatic rings. The normalized spacial score (nSPS) is 36.6. The molecule has 0 aliphatic heterocycles. The third-order valence-electron chi connectivity index (χ3n) is 7.11. The maximum Gasteiger partial charge on any atom is 0.0602 e. The van der Waals surface area contributed by atoms with Gasteiger partial charge in [0.15, 0.2) is 0 Å². The lowest BCUT2D eigenvalue weighted by Crippen LogP contribution is -2.24. The monoisotopic (exact) mass is 376 g/mol. The summed E-state index contributed by atoms with van der Waals surface area (Å²) in [6.07, 6.45) is 18.2. The van der Waals surface area contributed by atoms with E-state index in [0.717, 1.165) is 31.6 Å². The summed E-state index contributed by atoms with van der Waals surface area (Å²) in [5, 5.41) is 29.7. The summed E-state index contributed by atoms with van der Waals surface area (Å²) in [6, 6.07) is 0. The largest absolute Gasteiger partial charge is 0.393 e. The Hall–Kier alpha value is -0.640. The fourth-order valence-electron chi connectivity index (χ4n) is 5.82. The van der Waals surface area contributed by atoms with Crippen molar-refractivity contribution >= 4 is 0 Å². The smallest absolute Gasteiger partial charge is 0.0602 e. The van der Waals surface area contributed by atoms with Crippen LogP contribution in [0, 0.1) is 11.3 Å². The Morgan fingerprint density at radius 2 is 1.78 bits per heavy atom. The highest BCUT2D eigenvalue weighted by atomic mass is 16.3. The van der Waals surface area contributed by atoms with E-state index in [1.54, 1.807) is 5.57 Å². The second-order valence-corrected chi connectivity index (χ2v) is 10.4. The topological polar surface area (TPSA) is 60.7 Å². The van der Waals surface area contributed by atoms with E-state index < -0.39 is 5.60 Å². The predicted molar refractivity (Wildman–Crippen MR) is 110 cm³/mol.